The lowest BCUT2D eigenvalue weighted by atomic mass is 9.79. The topological polar surface area (TPSA) is 32.3 Å². The molecule has 0 aliphatic heterocycles. The van der Waals surface area contributed by atoms with Gasteiger partial charge in [-0.25, -0.2) is 0 Å². The molecule has 0 bridgehead atoms. The maximum atomic E-state index is 10.4. The van der Waals surface area contributed by atoms with E-state index in [1.807, 2.05) is 0 Å². The van der Waals surface area contributed by atoms with Gasteiger partial charge >= 0.3 is 0 Å². The van der Waals surface area contributed by atoms with Gasteiger partial charge in [-0.15, -0.1) is 0 Å². The summed E-state index contributed by atoms with van der Waals surface area (Å²) >= 11 is 0. The summed E-state index contributed by atoms with van der Waals surface area (Å²) in [6.45, 7) is 4.16. The third-order valence-corrected chi connectivity index (χ3v) is 4.47. The van der Waals surface area contributed by atoms with E-state index in [2.05, 4.69) is 24.4 Å². The molecule has 0 heterocycles. The van der Waals surface area contributed by atoms with Gasteiger partial charge in [0.25, 0.3) is 0 Å². The number of nitrogens with one attached hydrogen (secondary N) is 1. The van der Waals surface area contributed by atoms with Crippen molar-refractivity contribution in [2.75, 3.05) is 13.1 Å². The van der Waals surface area contributed by atoms with Crippen molar-refractivity contribution < 1.29 is 5.11 Å². The monoisotopic (exact) mass is 237 g/mol. The van der Waals surface area contributed by atoms with Crippen molar-refractivity contribution in [1.82, 2.24) is 5.32 Å². The van der Waals surface area contributed by atoms with Crippen molar-refractivity contribution in [2.45, 2.75) is 57.5 Å². The Balaban J connectivity index is 1.65. The van der Waals surface area contributed by atoms with Gasteiger partial charge in [-0.1, -0.05) is 19.1 Å². The van der Waals surface area contributed by atoms with Crippen LogP contribution in [0.25, 0.3) is 0 Å². The van der Waals surface area contributed by atoms with Crippen LogP contribution in [0.4, 0.5) is 0 Å². The van der Waals surface area contributed by atoms with Gasteiger partial charge in [-0.3, -0.25) is 0 Å². The normalized spacial score (nSPS) is 38.2. The van der Waals surface area contributed by atoms with Crippen LogP contribution >= 0.6 is 0 Å². The first-order valence-corrected chi connectivity index (χ1v) is 7.26. The second kappa shape index (κ2) is 6.01. The minimum Gasteiger partial charge on any atom is -0.389 e. The van der Waals surface area contributed by atoms with Gasteiger partial charge in [0.2, 0.25) is 0 Å². The third kappa shape index (κ3) is 4.11. The average molecular weight is 237 g/mol. The minimum absolute atomic E-state index is 0.420. The molecule has 0 saturated heterocycles. The third-order valence-electron chi connectivity index (χ3n) is 4.47. The Hall–Kier alpha value is -0.340. The lowest BCUT2D eigenvalue weighted by Crippen LogP contribution is -2.44. The second-order valence-electron chi connectivity index (χ2n) is 6.19. The highest BCUT2D eigenvalue weighted by Crippen LogP contribution is 2.31. The standard InChI is InChI=1S/C15H27NO/c1-13-7-9-15(17,10-8-13)12-16-11-14-5-3-2-4-6-14/h2-3,13-14,16-17H,4-12H2,1H3. The summed E-state index contributed by atoms with van der Waals surface area (Å²) in [6, 6.07) is 0. The molecular weight excluding hydrogens is 210 g/mol. The Morgan fingerprint density at radius 3 is 2.65 bits per heavy atom. The predicted octanol–water partition coefficient (Wildman–Crippen LogP) is 2.87. The molecule has 17 heavy (non-hydrogen) atoms. The molecule has 0 spiro atoms. The van der Waals surface area contributed by atoms with Crippen LogP contribution in [0.2, 0.25) is 0 Å². The molecule has 2 N–H and O–H groups in total. The van der Waals surface area contributed by atoms with Crippen LogP contribution in [0.1, 0.15) is 51.9 Å². The Labute approximate surface area is 105 Å². The van der Waals surface area contributed by atoms with Crippen molar-refractivity contribution in [3.8, 4) is 0 Å². The molecule has 0 aromatic rings. The first kappa shape index (κ1) is 13.1. The van der Waals surface area contributed by atoms with Gasteiger partial charge in [0.05, 0.1) is 5.60 Å². The van der Waals surface area contributed by atoms with E-state index >= 15 is 0 Å². The van der Waals surface area contributed by atoms with E-state index in [4.69, 9.17) is 0 Å². The van der Waals surface area contributed by atoms with Gasteiger partial charge in [0.1, 0.15) is 0 Å². The maximum absolute atomic E-state index is 10.4. The Morgan fingerprint density at radius 2 is 2.00 bits per heavy atom. The zero-order valence-corrected chi connectivity index (χ0v) is 11.1. The smallest absolute Gasteiger partial charge is 0.0771 e. The molecule has 2 nitrogen and oxygen atoms in total. The number of aliphatic hydroxyl groups is 1. The lowest BCUT2D eigenvalue weighted by molar-refractivity contribution is -0.00665. The predicted molar refractivity (Wildman–Crippen MR) is 71.9 cm³/mol. The molecule has 1 saturated carbocycles. The highest BCUT2D eigenvalue weighted by Gasteiger charge is 2.31. The molecule has 1 atom stereocenters. The van der Waals surface area contributed by atoms with Crippen LogP contribution in [-0.2, 0) is 0 Å². The number of allylic oxidation sites excluding steroid dienone is 2. The molecule has 2 aliphatic rings. The quantitative estimate of drug-likeness (QED) is 0.737. The van der Waals surface area contributed by atoms with Gasteiger partial charge in [-0.05, 0) is 63.3 Å². The van der Waals surface area contributed by atoms with E-state index in [9.17, 15) is 5.11 Å². The summed E-state index contributed by atoms with van der Waals surface area (Å²) in [7, 11) is 0. The highest BCUT2D eigenvalue weighted by atomic mass is 16.3. The van der Waals surface area contributed by atoms with Crippen LogP contribution in [0.3, 0.4) is 0 Å². The van der Waals surface area contributed by atoms with Crippen molar-refractivity contribution in [3.05, 3.63) is 12.2 Å². The minimum atomic E-state index is -0.420. The maximum Gasteiger partial charge on any atom is 0.0771 e. The zero-order chi connectivity index (χ0) is 12.1. The van der Waals surface area contributed by atoms with Crippen LogP contribution in [0.15, 0.2) is 12.2 Å². The molecule has 2 rings (SSSR count). The molecule has 1 unspecified atom stereocenters. The average Bonchev–Trinajstić information content (AvgIpc) is 2.35. The van der Waals surface area contributed by atoms with Gasteiger partial charge in [0, 0.05) is 6.54 Å². The fourth-order valence-corrected chi connectivity index (χ4v) is 3.03. The van der Waals surface area contributed by atoms with Gasteiger partial charge < -0.3 is 10.4 Å². The molecule has 0 aromatic heterocycles. The van der Waals surface area contributed by atoms with E-state index in [-0.39, 0.29) is 0 Å². The van der Waals surface area contributed by atoms with Crippen molar-refractivity contribution >= 4 is 0 Å². The van der Waals surface area contributed by atoms with E-state index in [0.29, 0.717) is 0 Å². The summed E-state index contributed by atoms with van der Waals surface area (Å²) in [5.74, 6) is 1.59. The Kier molecular flexibility index (Phi) is 4.63. The van der Waals surface area contributed by atoms with E-state index in [1.54, 1.807) is 0 Å². The number of rotatable bonds is 4. The van der Waals surface area contributed by atoms with Crippen molar-refractivity contribution in [3.63, 3.8) is 0 Å². The highest BCUT2D eigenvalue weighted by molar-refractivity contribution is 4.91. The Morgan fingerprint density at radius 1 is 1.24 bits per heavy atom. The van der Waals surface area contributed by atoms with E-state index in [0.717, 1.165) is 37.8 Å². The summed E-state index contributed by atoms with van der Waals surface area (Å²) in [5, 5.41) is 13.9. The fraction of sp³-hybridized carbons (Fsp3) is 0.867. The van der Waals surface area contributed by atoms with Crippen LogP contribution in [0.5, 0.6) is 0 Å². The SMILES string of the molecule is CC1CCC(O)(CNCC2CC=CCC2)CC1. The number of hydrogen-bond donors (Lipinski definition) is 2. The van der Waals surface area contributed by atoms with Crippen molar-refractivity contribution in [2.24, 2.45) is 11.8 Å². The summed E-state index contributed by atoms with van der Waals surface area (Å²) < 4.78 is 0. The zero-order valence-electron chi connectivity index (χ0n) is 11.1. The fourth-order valence-electron chi connectivity index (χ4n) is 3.03. The lowest BCUT2D eigenvalue weighted by Gasteiger charge is -2.35. The first-order valence-electron chi connectivity index (χ1n) is 7.26. The molecule has 1 fully saturated rings. The Bertz CT molecular complexity index is 254. The van der Waals surface area contributed by atoms with Crippen molar-refractivity contribution in [1.29, 1.82) is 0 Å². The summed E-state index contributed by atoms with van der Waals surface area (Å²) in [5.41, 5.74) is -0.420. The number of hydrogen-bond acceptors (Lipinski definition) is 2. The second-order valence-corrected chi connectivity index (χ2v) is 6.19. The van der Waals surface area contributed by atoms with E-state index in [1.165, 1.54) is 32.1 Å². The van der Waals surface area contributed by atoms with Gasteiger partial charge in [0.15, 0.2) is 0 Å². The summed E-state index contributed by atoms with van der Waals surface area (Å²) in [6.07, 6.45) is 12.7. The molecule has 2 heteroatoms. The largest absolute Gasteiger partial charge is 0.389 e. The molecule has 0 radical (unpaired) electrons. The van der Waals surface area contributed by atoms with Crippen LogP contribution in [0, 0.1) is 11.8 Å². The van der Waals surface area contributed by atoms with Gasteiger partial charge in [-0.2, -0.15) is 0 Å². The van der Waals surface area contributed by atoms with Crippen LogP contribution < -0.4 is 5.32 Å². The molecule has 0 amide bonds. The van der Waals surface area contributed by atoms with Crippen LogP contribution in [-0.4, -0.2) is 23.8 Å². The molecule has 2 aliphatic carbocycles. The molecule has 0 aromatic carbocycles. The van der Waals surface area contributed by atoms with E-state index < -0.39 is 5.60 Å². The first-order chi connectivity index (χ1) is 8.18. The summed E-state index contributed by atoms with van der Waals surface area (Å²) in [4.78, 5) is 0. The molecule has 98 valence electrons. The molecular formula is C15H27NO.